The van der Waals surface area contributed by atoms with Crippen LogP contribution in [-0.4, -0.2) is 28.9 Å². The molecule has 1 unspecified atom stereocenters. The van der Waals surface area contributed by atoms with E-state index >= 15 is 0 Å². The molecule has 1 atom stereocenters. The molecule has 16 heavy (non-hydrogen) atoms. The average molecular weight is 220 g/mol. The Morgan fingerprint density at radius 1 is 1.62 bits per heavy atom. The number of primary amides is 1. The summed E-state index contributed by atoms with van der Waals surface area (Å²) in [6.45, 7) is 2.35. The van der Waals surface area contributed by atoms with Crippen LogP contribution in [0.5, 0.6) is 0 Å². The Morgan fingerprint density at radius 2 is 2.44 bits per heavy atom. The Hall–Kier alpha value is -1.62. The predicted molar refractivity (Wildman–Crippen MR) is 61.2 cm³/mol. The van der Waals surface area contributed by atoms with Crippen molar-refractivity contribution < 1.29 is 4.79 Å². The number of likely N-dealkylation sites (tertiary alicyclic amines) is 1. The third-order valence-electron chi connectivity index (χ3n) is 2.90. The maximum Gasteiger partial charge on any atom is 0.221 e. The lowest BCUT2D eigenvalue weighted by Crippen LogP contribution is -2.27. The molecule has 1 aromatic heterocycles. The van der Waals surface area contributed by atoms with Gasteiger partial charge in [-0.2, -0.15) is 0 Å². The second-order valence-corrected chi connectivity index (χ2v) is 4.20. The molecule has 0 spiro atoms. The monoisotopic (exact) mass is 220 g/mol. The highest BCUT2D eigenvalue weighted by Crippen LogP contribution is 2.18. The fourth-order valence-electron chi connectivity index (χ4n) is 2.02. The fourth-order valence-corrected chi connectivity index (χ4v) is 2.02. The van der Waals surface area contributed by atoms with E-state index in [1.54, 1.807) is 12.3 Å². The molecular formula is C11H16N4O. The van der Waals surface area contributed by atoms with Crippen molar-refractivity contribution in [2.45, 2.75) is 13.0 Å². The topological polar surface area (TPSA) is 85.2 Å². The lowest BCUT2D eigenvalue weighted by molar-refractivity contribution is -0.121. The summed E-state index contributed by atoms with van der Waals surface area (Å²) < 4.78 is 0. The maximum atomic E-state index is 11.0. The molecule has 1 saturated heterocycles. The Labute approximate surface area is 94.4 Å². The third-order valence-corrected chi connectivity index (χ3v) is 2.90. The van der Waals surface area contributed by atoms with E-state index in [0.717, 1.165) is 37.4 Å². The molecule has 0 radical (unpaired) electrons. The summed E-state index contributed by atoms with van der Waals surface area (Å²) in [4.78, 5) is 17.4. The van der Waals surface area contributed by atoms with Crippen molar-refractivity contribution in [3.05, 3.63) is 24.0 Å². The van der Waals surface area contributed by atoms with Crippen molar-refractivity contribution in [2.75, 3.05) is 18.8 Å². The summed E-state index contributed by atoms with van der Waals surface area (Å²) >= 11 is 0. The third kappa shape index (κ3) is 2.49. The van der Waals surface area contributed by atoms with E-state index in [0.29, 0.717) is 0 Å². The van der Waals surface area contributed by atoms with Crippen LogP contribution in [0.1, 0.15) is 12.1 Å². The summed E-state index contributed by atoms with van der Waals surface area (Å²) in [6.07, 6.45) is 2.55. The van der Waals surface area contributed by atoms with E-state index in [1.165, 1.54) is 0 Å². The molecule has 1 aliphatic heterocycles. The van der Waals surface area contributed by atoms with Crippen LogP contribution in [0, 0.1) is 5.92 Å². The number of pyridine rings is 1. The van der Waals surface area contributed by atoms with E-state index in [1.807, 2.05) is 6.07 Å². The lowest BCUT2D eigenvalue weighted by atomic mass is 10.1. The second kappa shape index (κ2) is 4.49. The number of anilines is 1. The van der Waals surface area contributed by atoms with Crippen molar-refractivity contribution in [1.29, 1.82) is 0 Å². The van der Waals surface area contributed by atoms with Gasteiger partial charge in [0.1, 0.15) is 0 Å². The summed E-state index contributed by atoms with van der Waals surface area (Å²) in [5.74, 6) is -0.218. The van der Waals surface area contributed by atoms with E-state index in [-0.39, 0.29) is 11.8 Å². The van der Waals surface area contributed by atoms with Gasteiger partial charge < -0.3 is 11.5 Å². The van der Waals surface area contributed by atoms with Gasteiger partial charge in [-0.05, 0) is 25.1 Å². The minimum atomic E-state index is -0.206. The number of nitrogen functional groups attached to an aromatic ring is 1. The van der Waals surface area contributed by atoms with Crippen LogP contribution in [0.2, 0.25) is 0 Å². The van der Waals surface area contributed by atoms with Gasteiger partial charge in [0.05, 0.1) is 11.6 Å². The zero-order valence-electron chi connectivity index (χ0n) is 9.10. The average Bonchev–Trinajstić information content (AvgIpc) is 2.66. The minimum Gasteiger partial charge on any atom is -0.399 e. The molecule has 0 aromatic carbocycles. The Bertz CT molecular complexity index is 393. The second-order valence-electron chi connectivity index (χ2n) is 4.20. The molecular weight excluding hydrogens is 204 g/mol. The number of hydrogen-bond acceptors (Lipinski definition) is 4. The molecule has 2 rings (SSSR count). The molecule has 4 N–H and O–H groups in total. The van der Waals surface area contributed by atoms with Crippen molar-refractivity contribution in [1.82, 2.24) is 9.88 Å². The highest BCUT2D eigenvalue weighted by molar-refractivity contribution is 5.77. The highest BCUT2D eigenvalue weighted by Gasteiger charge is 2.26. The number of nitrogens with two attached hydrogens (primary N) is 2. The highest BCUT2D eigenvalue weighted by atomic mass is 16.1. The number of rotatable bonds is 3. The summed E-state index contributed by atoms with van der Waals surface area (Å²) in [5, 5.41) is 0. The standard InChI is InChI=1S/C11H16N4O/c12-9-1-3-14-10(5-9)7-15-4-2-8(6-15)11(13)16/h1,3,5,8H,2,4,6-7H2,(H2,12,14)(H2,13,16). The van der Waals surface area contributed by atoms with Crippen LogP contribution in [0.15, 0.2) is 18.3 Å². The first kappa shape index (κ1) is 10.9. The maximum absolute atomic E-state index is 11.0. The van der Waals surface area contributed by atoms with Crippen LogP contribution in [0.3, 0.4) is 0 Å². The van der Waals surface area contributed by atoms with Gasteiger partial charge in [0.15, 0.2) is 0 Å². The SMILES string of the molecule is NC(=O)C1CCN(Cc2cc(N)ccn2)C1. The van der Waals surface area contributed by atoms with Crippen molar-refractivity contribution in [3.8, 4) is 0 Å². The van der Waals surface area contributed by atoms with E-state index in [9.17, 15) is 4.79 Å². The first-order chi connectivity index (χ1) is 7.65. The summed E-state index contributed by atoms with van der Waals surface area (Å²) in [5.41, 5.74) is 12.6. The number of hydrogen-bond donors (Lipinski definition) is 2. The van der Waals surface area contributed by atoms with Gasteiger partial charge >= 0.3 is 0 Å². The number of carbonyl (C=O) groups excluding carboxylic acids is 1. The number of carbonyl (C=O) groups is 1. The molecule has 1 amide bonds. The molecule has 1 aromatic rings. The zero-order valence-corrected chi connectivity index (χ0v) is 9.10. The smallest absolute Gasteiger partial charge is 0.221 e. The van der Waals surface area contributed by atoms with Gasteiger partial charge in [0.25, 0.3) is 0 Å². The molecule has 0 bridgehead atoms. The molecule has 1 aliphatic rings. The lowest BCUT2D eigenvalue weighted by Gasteiger charge is -2.14. The summed E-state index contributed by atoms with van der Waals surface area (Å²) in [6, 6.07) is 3.62. The first-order valence-electron chi connectivity index (χ1n) is 5.37. The molecule has 86 valence electrons. The Kier molecular flexibility index (Phi) is 3.05. The molecule has 5 heteroatoms. The van der Waals surface area contributed by atoms with Crippen LogP contribution < -0.4 is 11.5 Å². The molecule has 0 saturated carbocycles. The van der Waals surface area contributed by atoms with Crippen molar-refractivity contribution >= 4 is 11.6 Å². The van der Waals surface area contributed by atoms with Crippen LogP contribution in [0.4, 0.5) is 5.69 Å². The van der Waals surface area contributed by atoms with Gasteiger partial charge in [-0.15, -0.1) is 0 Å². The number of aromatic nitrogens is 1. The largest absolute Gasteiger partial charge is 0.399 e. The van der Waals surface area contributed by atoms with Gasteiger partial charge in [0, 0.05) is 25.0 Å². The van der Waals surface area contributed by atoms with Crippen LogP contribution in [-0.2, 0) is 11.3 Å². The zero-order chi connectivity index (χ0) is 11.5. The number of nitrogens with zero attached hydrogens (tertiary/aromatic N) is 2. The number of amides is 1. The first-order valence-corrected chi connectivity index (χ1v) is 5.37. The van der Waals surface area contributed by atoms with Crippen molar-refractivity contribution in [2.24, 2.45) is 11.7 Å². The van der Waals surface area contributed by atoms with E-state index < -0.39 is 0 Å². The molecule has 2 heterocycles. The van der Waals surface area contributed by atoms with Gasteiger partial charge in [-0.3, -0.25) is 14.7 Å². The quantitative estimate of drug-likeness (QED) is 0.749. The molecule has 1 fully saturated rings. The molecule has 5 nitrogen and oxygen atoms in total. The Morgan fingerprint density at radius 3 is 3.06 bits per heavy atom. The van der Waals surface area contributed by atoms with Crippen LogP contribution in [0.25, 0.3) is 0 Å². The van der Waals surface area contributed by atoms with Crippen LogP contribution >= 0.6 is 0 Å². The predicted octanol–water partition coefficient (Wildman–Crippen LogP) is -0.0290. The van der Waals surface area contributed by atoms with Crippen molar-refractivity contribution in [3.63, 3.8) is 0 Å². The normalized spacial score (nSPS) is 21.1. The Balaban J connectivity index is 1.94. The fraction of sp³-hybridized carbons (Fsp3) is 0.455. The van der Waals surface area contributed by atoms with Gasteiger partial charge in [-0.1, -0.05) is 0 Å². The molecule has 0 aliphatic carbocycles. The minimum absolute atomic E-state index is 0.0129. The van der Waals surface area contributed by atoms with Gasteiger partial charge in [0.2, 0.25) is 5.91 Å². The summed E-state index contributed by atoms with van der Waals surface area (Å²) in [7, 11) is 0. The van der Waals surface area contributed by atoms with Gasteiger partial charge in [-0.25, -0.2) is 0 Å². The van der Waals surface area contributed by atoms with E-state index in [2.05, 4.69) is 9.88 Å². The van der Waals surface area contributed by atoms with E-state index in [4.69, 9.17) is 11.5 Å².